The number of amides is 1. The van der Waals surface area contributed by atoms with Gasteiger partial charge in [0.15, 0.2) is 11.5 Å². The summed E-state index contributed by atoms with van der Waals surface area (Å²) in [7, 11) is 1.38. The Labute approximate surface area is 127 Å². The summed E-state index contributed by atoms with van der Waals surface area (Å²) >= 11 is 0. The van der Waals surface area contributed by atoms with Gasteiger partial charge >= 0.3 is 6.61 Å². The molecule has 2 bridgehead atoms. The van der Waals surface area contributed by atoms with E-state index in [0.29, 0.717) is 17.5 Å². The van der Waals surface area contributed by atoms with Crippen LogP contribution in [0, 0.1) is 17.8 Å². The fourth-order valence-electron chi connectivity index (χ4n) is 3.74. The maximum Gasteiger partial charge on any atom is 0.387 e. The predicted octanol–water partition coefficient (Wildman–Crippen LogP) is 3.67. The second-order valence-corrected chi connectivity index (χ2v) is 6.01. The van der Waals surface area contributed by atoms with Gasteiger partial charge in [-0.2, -0.15) is 8.78 Å². The summed E-state index contributed by atoms with van der Waals surface area (Å²) in [6, 6.07) is 4.51. The number of carbonyl (C=O) groups is 1. The molecule has 0 saturated heterocycles. The molecule has 0 spiro atoms. The molecule has 1 amide bonds. The lowest BCUT2D eigenvalue weighted by Gasteiger charge is -2.21. The number of methoxy groups -OCH3 is 1. The molecule has 0 aromatic heterocycles. The van der Waals surface area contributed by atoms with E-state index in [-0.39, 0.29) is 23.3 Å². The van der Waals surface area contributed by atoms with Crippen LogP contribution in [0.1, 0.15) is 25.7 Å². The summed E-state index contributed by atoms with van der Waals surface area (Å²) in [5, 5.41) is 2.81. The number of carbonyl (C=O) groups excluding carboxylic acids is 1. The molecular weight excluding hydrogens is 292 g/mol. The van der Waals surface area contributed by atoms with Crippen molar-refractivity contribution >= 4 is 11.6 Å². The van der Waals surface area contributed by atoms with E-state index >= 15 is 0 Å². The Morgan fingerprint density at radius 1 is 1.27 bits per heavy atom. The van der Waals surface area contributed by atoms with Crippen LogP contribution in [0.5, 0.6) is 11.5 Å². The molecule has 2 saturated carbocycles. The van der Waals surface area contributed by atoms with Crippen molar-refractivity contribution in [2.45, 2.75) is 32.3 Å². The minimum Gasteiger partial charge on any atom is -0.493 e. The molecule has 6 heteroatoms. The zero-order chi connectivity index (χ0) is 15.7. The van der Waals surface area contributed by atoms with Crippen molar-refractivity contribution in [2.24, 2.45) is 17.8 Å². The number of fused-ring (bicyclic) bond motifs is 2. The number of alkyl halides is 2. The van der Waals surface area contributed by atoms with Gasteiger partial charge in [-0.1, -0.05) is 6.42 Å². The lowest BCUT2D eigenvalue weighted by Crippen LogP contribution is -2.27. The predicted molar refractivity (Wildman–Crippen MR) is 77.2 cm³/mol. The van der Waals surface area contributed by atoms with Crippen molar-refractivity contribution in [1.82, 2.24) is 0 Å². The first-order valence-electron chi connectivity index (χ1n) is 7.50. The number of halogens is 2. The first kappa shape index (κ1) is 15.1. The lowest BCUT2D eigenvalue weighted by atomic mass is 9.88. The van der Waals surface area contributed by atoms with Crippen LogP contribution in [0.2, 0.25) is 0 Å². The highest BCUT2D eigenvalue weighted by molar-refractivity contribution is 5.93. The maximum atomic E-state index is 12.4. The highest BCUT2D eigenvalue weighted by atomic mass is 19.3. The molecule has 3 rings (SSSR count). The van der Waals surface area contributed by atoms with Gasteiger partial charge in [0.1, 0.15) is 0 Å². The average Bonchev–Trinajstić information content (AvgIpc) is 3.09. The van der Waals surface area contributed by atoms with Crippen molar-refractivity contribution in [3.63, 3.8) is 0 Å². The van der Waals surface area contributed by atoms with Gasteiger partial charge in [-0.15, -0.1) is 0 Å². The topological polar surface area (TPSA) is 47.6 Å². The van der Waals surface area contributed by atoms with Crippen LogP contribution in [0.4, 0.5) is 14.5 Å². The van der Waals surface area contributed by atoms with E-state index in [4.69, 9.17) is 4.74 Å². The molecule has 1 N–H and O–H groups in total. The number of benzene rings is 1. The molecule has 1 aromatic rings. The Morgan fingerprint density at radius 2 is 2.09 bits per heavy atom. The molecule has 0 radical (unpaired) electrons. The SMILES string of the molecule is COc1ccc(NC(=O)C2CC3CCC2C3)cc1OC(F)F. The monoisotopic (exact) mass is 311 g/mol. The van der Waals surface area contributed by atoms with Crippen molar-refractivity contribution < 1.29 is 23.0 Å². The van der Waals surface area contributed by atoms with Gasteiger partial charge in [-0.3, -0.25) is 4.79 Å². The highest BCUT2D eigenvalue weighted by Crippen LogP contribution is 2.48. The van der Waals surface area contributed by atoms with E-state index in [0.717, 1.165) is 19.3 Å². The van der Waals surface area contributed by atoms with E-state index in [1.807, 2.05) is 0 Å². The second kappa shape index (κ2) is 6.10. The Bertz CT molecular complexity index is 564. The van der Waals surface area contributed by atoms with Crippen LogP contribution in [-0.2, 0) is 4.79 Å². The largest absolute Gasteiger partial charge is 0.493 e. The van der Waals surface area contributed by atoms with Crippen molar-refractivity contribution in [3.8, 4) is 11.5 Å². The fourth-order valence-corrected chi connectivity index (χ4v) is 3.74. The molecule has 2 fully saturated rings. The molecular formula is C16H19F2NO3. The Hall–Kier alpha value is -1.85. The summed E-state index contributed by atoms with van der Waals surface area (Å²) in [5.41, 5.74) is 0.448. The molecule has 4 nitrogen and oxygen atoms in total. The second-order valence-electron chi connectivity index (χ2n) is 6.01. The van der Waals surface area contributed by atoms with Crippen LogP contribution >= 0.6 is 0 Å². The Morgan fingerprint density at radius 3 is 2.68 bits per heavy atom. The van der Waals surface area contributed by atoms with Crippen molar-refractivity contribution in [3.05, 3.63) is 18.2 Å². The van der Waals surface area contributed by atoms with E-state index in [2.05, 4.69) is 10.1 Å². The fraction of sp³-hybridized carbons (Fsp3) is 0.562. The number of nitrogens with one attached hydrogen (secondary N) is 1. The van der Waals surface area contributed by atoms with Gasteiger partial charge in [-0.25, -0.2) is 0 Å². The van der Waals surface area contributed by atoms with Gasteiger partial charge < -0.3 is 14.8 Å². The first-order valence-corrected chi connectivity index (χ1v) is 7.50. The molecule has 22 heavy (non-hydrogen) atoms. The molecule has 3 unspecified atom stereocenters. The number of rotatable bonds is 5. The third-order valence-electron chi connectivity index (χ3n) is 4.72. The molecule has 2 aliphatic rings. The summed E-state index contributed by atoms with van der Waals surface area (Å²) in [5.74, 6) is 1.29. The Balaban J connectivity index is 1.70. The molecule has 1 aromatic carbocycles. The minimum absolute atomic E-state index is 0.0274. The van der Waals surface area contributed by atoms with Crippen molar-refractivity contribution in [2.75, 3.05) is 12.4 Å². The van der Waals surface area contributed by atoms with E-state index in [9.17, 15) is 13.6 Å². The molecule has 0 aliphatic heterocycles. The zero-order valence-corrected chi connectivity index (χ0v) is 12.4. The number of hydrogen-bond donors (Lipinski definition) is 1. The highest BCUT2D eigenvalue weighted by Gasteiger charge is 2.43. The van der Waals surface area contributed by atoms with E-state index in [1.165, 1.54) is 25.7 Å². The molecule has 3 atom stereocenters. The van der Waals surface area contributed by atoms with Crippen LogP contribution in [0.15, 0.2) is 18.2 Å². The van der Waals surface area contributed by atoms with Gasteiger partial charge in [-0.05, 0) is 43.2 Å². The Kier molecular flexibility index (Phi) is 4.18. The standard InChI is InChI=1S/C16H19F2NO3/c1-21-13-5-4-11(8-14(13)22-16(17)18)19-15(20)12-7-9-2-3-10(12)6-9/h4-5,8-10,12,16H,2-3,6-7H2,1H3,(H,19,20). The van der Waals surface area contributed by atoms with E-state index in [1.54, 1.807) is 6.07 Å². The van der Waals surface area contributed by atoms with Gasteiger partial charge in [0.05, 0.1) is 7.11 Å². The third kappa shape index (κ3) is 3.00. The van der Waals surface area contributed by atoms with Crippen molar-refractivity contribution in [1.29, 1.82) is 0 Å². The van der Waals surface area contributed by atoms with E-state index < -0.39 is 6.61 Å². The lowest BCUT2D eigenvalue weighted by molar-refractivity contribution is -0.121. The van der Waals surface area contributed by atoms with Gasteiger partial charge in [0, 0.05) is 17.7 Å². The van der Waals surface area contributed by atoms with Crippen LogP contribution in [0.25, 0.3) is 0 Å². The third-order valence-corrected chi connectivity index (χ3v) is 4.72. The normalized spacial score (nSPS) is 26.3. The molecule has 2 aliphatic carbocycles. The number of ether oxygens (including phenoxy) is 2. The molecule has 0 heterocycles. The smallest absolute Gasteiger partial charge is 0.387 e. The quantitative estimate of drug-likeness (QED) is 0.902. The van der Waals surface area contributed by atoms with Gasteiger partial charge in [0.2, 0.25) is 5.91 Å². The first-order chi connectivity index (χ1) is 10.6. The maximum absolute atomic E-state index is 12.4. The molecule has 120 valence electrons. The van der Waals surface area contributed by atoms with Gasteiger partial charge in [0.25, 0.3) is 0 Å². The average molecular weight is 311 g/mol. The summed E-state index contributed by atoms with van der Waals surface area (Å²) < 4.78 is 34.2. The summed E-state index contributed by atoms with van der Waals surface area (Å²) in [4.78, 5) is 12.4. The number of hydrogen-bond acceptors (Lipinski definition) is 3. The van der Waals surface area contributed by atoms with Crippen LogP contribution < -0.4 is 14.8 Å². The minimum atomic E-state index is -2.94. The van der Waals surface area contributed by atoms with Crippen LogP contribution in [-0.4, -0.2) is 19.6 Å². The van der Waals surface area contributed by atoms with Crippen LogP contribution in [0.3, 0.4) is 0 Å². The summed E-state index contributed by atoms with van der Waals surface area (Å²) in [6.07, 6.45) is 4.42. The number of anilines is 1. The summed E-state index contributed by atoms with van der Waals surface area (Å²) in [6.45, 7) is -2.94. The zero-order valence-electron chi connectivity index (χ0n) is 12.4.